The van der Waals surface area contributed by atoms with Gasteiger partial charge in [0.1, 0.15) is 0 Å². The first-order valence-corrected chi connectivity index (χ1v) is 11.6. The van der Waals surface area contributed by atoms with Gasteiger partial charge in [-0.05, 0) is 0 Å². The van der Waals surface area contributed by atoms with Crippen molar-refractivity contribution >= 4 is 0 Å². The summed E-state index contributed by atoms with van der Waals surface area (Å²) in [5, 5.41) is 2.93. The van der Waals surface area contributed by atoms with E-state index in [-0.39, 0.29) is 0 Å². The summed E-state index contributed by atoms with van der Waals surface area (Å²) in [6.45, 7) is 4.77. The zero-order chi connectivity index (χ0) is 13.5. The summed E-state index contributed by atoms with van der Waals surface area (Å²) in [6.07, 6.45) is 0. The molecule has 0 amide bonds. The Morgan fingerprint density at radius 3 is 1.42 bits per heavy atom. The van der Waals surface area contributed by atoms with Gasteiger partial charge in [0.05, 0.1) is 0 Å². The van der Waals surface area contributed by atoms with Gasteiger partial charge in [-0.15, -0.1) is 0 Å². The Hall–Kier alpha value is -0.937. The third-order valence-corrected chi connectivity index (χ3v) is 9.36. The number of rotatable bonds is 6. The minimum atomic E-state index is -0.415. The average molecular weight is 304 g/mol. The van der Waals surface area contributed by atoms with Crippen LogP contribution in [-0.4, -0.2) is 0 Å². The van der Waals surface area contributed by atoms with Crippen LogP contribution in [0.5, 0.6) is 0 Å². The van der Waals surface area contributed by atoms with Gasteiger partial charge in [0.15, 0.2) is 0 Å². The molecule has 0 aromatic heterocycles. The van der Waals surface area contributed by atoms with E-state index < -0.39 is 17.1 Å². The Labute approximate surface area is 124 Å². The van der Waals surface area contributed by atoms with Crippen molar-refractivity contribution in [3.63, 3.8) is 0 Å². The molecule has 0 N–H and O–H groups in total. The van der Waals surface area contributed by atoms with Crippen LogP contribution in [0.4, 0.5) is 0 Å². The van der Waals surface area contributed by atoms with Gasteiger partial charge in [-0.3, -0.25) is 0 Å². The molecule has 2 rings (SSSR count). The maximum absolute atomic E-state index is 2.38. The molecule has 2 unspecified atom stereocenters. The second-order valence-electron chi connectivity index (χ2n) is 5.55. The van der Waals surface area contributed by atoms with E-state index in [1.807, 2.05) is 0 Å². The van der Waals surface area contributed by atoms with Crippen molar-refractivity contribution in [1.82, 2.24) is 0 Å². The predicted molar refractivity (Wildman–Crippen MR) is 79.3 cm³/mol. The molecule has 0 aliphatic rings. The van der Waals surface area contributed by atoms with E-state index in [9.17, 15) is 0 Å². The van der Waals surface area contributed by atoms with Gasteiger partial charge in [0.25, 0.3) is 0 Å². The van der Waals surface area contributed by atoms with Crippen molar-refractivity contribution in [2.75, 3.05) is 0 Å². The molecule has 0 bridgehead atoms. The number of benzene rings is 2. The Kier molecular flexibility index (Phi) is 5.79. The summed E-state index contributed by atoms with van der Waals surface area (Å²) in [5.41, 5.74) is 3.03. The van der Waals surface area contributed by atoms with Crippen LogP contribution in [-0.2, 0) is 17.1 Å². The first kappa shape index (κ1) is 14.5. The molecule has 0 radical (unpaired) electrons. The molecule has 2 aromatic rings. The van der Waals surface area contributed by atoms with Gasteiger partial charge >= 0.3 is 125 Å². The fourth-order valence-corrected chi connectivity index (χ4v) is 7.09. The molecule has 0 heterocycles. The van der Waals surface area contributed by atoms with E-state index in [2.05, 4.69) is 74.5 Å². The van der Waals surface area contributed by atoms with Gasteiger partial charge in [0.2, 0.25) is 0 Å². The van der Waals surface area contributed by atoms with Crippen LogP contribution in [0.3, 0.4) is 0 Å². The van der Waals surface area contributed by atoms with E-state index in [0.717, 1.165) is 11.8 Å². The Balaban J connectivity index is 1.78. The molecule has 19 heavy (non-hydrogen) atoms. The van der Waals surface area contributed by atoms with Crippen LogP contribution in [0, 0.1) is 0 Å². The van der Waals surface area contributed by atoms with E-state index in [1.54, 1.807) is 0 Å². The van der Waals surface area contributed by atoms with Crippen molar-refractivity contribution in [1.29, 1.82) is 0 Å². The first-order chi connectivity index (χ1) is 9.27. The molecule has 0 aliphatic heterocycles. The molecular weight excluding hydrogens is 282 g/mol. The van der Waals surface area contributed by atoms with Crippen LogP contribution in [0.1, 0.15) is 36.8 Å². The molecule has 0 nitrogen and oxygen atoms in total. The summed E-state index contributed by atoms with van der Waals surface area (Å²) in [5.74, 6) is 1.51. The van der Waals surface area contributed by atoms with Gasteiger partial charge in [-0.1, -0.05) is 0 Å². The molecule has 0 saturated carbocycles. The molecular formula is C18H22Zn. The summed E-state index contributed by atoms with van der Waals surface area (Å²) >= 11 is -0.415. The predicted octanol–water partition coefficient (Wildman–Crippen LogP) is 5.51. The molecule has 0 fully saturated rings. The molecule has 0 aliphatic carbocycles. The van der Waals surface area contributed by atoms with Crippen molar-refractivity contribution in [3.05, 3.63) is 71.8 Å². The van der Waals surface area contributed by atoms with E-state index in [4.69, 9.17) is 0 Å². The quantitative estimate of drug-likeness (QED) is 0.617. The fourth-order valence-electron chi connectivity index (χ4n) is 2.63. The first-order valence-electron chi connectivity index (χ1n) is 7.37. The molecule has 0 saturated heterocycles. The fraction of sp³-hybridized carbons (Fsp3) is 0.333. The van der Waals surface area contributed by atoms with E-state index in [0.29, 0.717) is 0 Å². The molecule has 2 atom stereocenters. The van der Waals surface area contributed by atoms with Crippen molar-refractivity contribution in [3.8, 4) is 0 Å². The van der Waals surface area contributed by atoms with Crippen LogP contribution in [0.2, 0.25) is 10.0 Å². The second kappa shape index (κ2) is 7.60. The van der Waals surface area contributed by atoms with Gasteiger partial charge in [0, 0.05) is 0 Å². The van der Waals surface area contributed by atoms with Crippen LogP contribution >= 0.6 is 0 Å². The van der Waals surface area contributed by atoms with Crippen molar-refractivity contribution in [2.24, 2.45) is 0 Å². The Bertz CT molecular complexity index is 418. The standard InChI is InChI=1S/2C9H11.Zn/c2*1-8(2)9-6-4-3-5-7-9;/h2*3-8H,1H2,2H3;. The third-order valence-electron chi connectivity index (χ3n) is 4.01. The van der Waals surface area contributed by atoms with Crippen LogP contribution in [0.25, 0.3) is 0 Å². The summed E-state index contributed by atoms with van der Waals surface area (Å²) in [4.78, 5) is 0. The van der Waals surface area contributed by atoms with E-state index >= 15 is 0 Å². The molecule has 1 heteroatoms. The monoisotopic (exact) mass is 302 g/mol. The zero-order valence-corrected chi connectivity index (χ0v) is 15.0. The molecule has 96 valence electrons. The minimum absolute atomic E-state index is 0.415. The number of hydrogen-bond acceptors (Lipinski definition) is 0. The topological polar surface area (TPSA) is 0 Å². The molecule has 0 spiro atoms. The Morgan fingerprint density at radius 2 is 1.05 bits per heavy atom. The van der Waals surface area contributed by atoms with Crippen molar-refractivity contribution < 1.29 is 17.1 Å². The zero-order valence-electron chi connectivity index (χ0n) is 12.0. The van der Waals surface area contributed by atoms with Crippen LogP contribution in [0.15, 0.2) is 60.7 Å². The van der Waals surface area contributed by atoms with E-state index in [1.165, 1.54) is 21.2 Å². The summed E-state index contributed by atoms with van der Waals surface area (Å²) < 4.78 is 0. The average Bonchev–Trinajstić information content (AvgIpc) is 2.49. The van der Waals surface area contributed by atoms with Gasteiger partial charge in [-0.25, -0.2) is 0 Å². The van der Waals surface area contributed by atoms with Gasteiger partial charge < -0.3 is 0 Å². The number of hydrogen-bond donors (Lipinski definition) is 0. The normalized spacial score (nSPS) is 13.6. The summed E-state index contributed by atoms with van der Waals surface area (Å²) in [7, 11) is 0. The maximum atomic E-state index is 2.38. The molecule has 2 aromatic carbocycles. The SMILES string of the molecule is CC([CH2][Zn][CH2]C(C)c1ccccc1)c1ccccc1. The van der Waals surface area contributed by atoms with Crippen molar-refractivity contribution in [2.45, 2.75) is 35.7 Å². The third kappa shape index (κ3) is 4.58. The Morgan fingerprint density at radius 1 is 0.684 bits per heavy atom. The second-order valence-corrected chi connectivity index (χ2v) is 9.46. The summed E-state index contributed by atoms with van der Waals surface area (Å²) in [6, 6.07) is 21.9. The van der Waals surface area contributed by atoms with Gasteiger partial charge in [-0.2, -0.15) is 0 Å². The van der Waals surface area contributed by atoms with Crippen LogP contribution < -0.4 is 0 Å².